The van der Waals surface area contributed by atoms with Gasteiger partial charge in [-0.2, -0.15) is 0 Å². The van der Waals surface area contributed by atoms with E-state index in [1.807, 2.05) is 0 Å². The summed E-state index contributed by atoms with van der Waals surface area (Å²) in [6, 6.07) is 0. The molecule has 0 heterocycles. The fraction of sp³-hybridized carbons (Fsp3) is 1.00. The van der Waals surface area contributed by atoms with Crippen LogP contribution in [0.15, 0.2) is 0 Å². The number of nitrogens with two attached hydrogens (primary N) is 1. The van der Waals surface area contributed by atoms with Crippen LogP contribution in [0.3, 0.4) is 0 Å². The fourth-order valence-corrected chi connectivity index (χ4v) is 1.66. The fourth-order valence-electron chi connectivity index (χ4n) is 1.66. The number of hydrogen-bond donors (Lipinski definition) is 2. The lowest BCUT2D eigenvalue weighted by Gasteiger charge is -2.41. The molecule has 0 aliphatic heterocycles. The standard InChI is InChI=1S/C9H20N2/c1-2-6-11-8-9(7-10)4-3-5-9/h11H,2-8,10H2,1H3. The molecule has 66 valence electrons. The van der Waals surface area contributed by atoms with Gasteiger partial charge in [0.2, 0.25) is 0 Å². The highest BCUT2D eigenvalue weighted by Gasteiger charge is 2.34. The Hall–Kier alpha value is -0.0800. The molecular weight excluding hydrogens is 136 g/mol. The molecule has 0 unspecified atom stereocenters. The minimum absolute atomic E-state index is 0.481. The van der Waals surface area contributed by atoms with Crippen LogP contribution in [0.2, 0.25) is 0 Å². The zero-order valence-corrected chi connectivity index (χ0v) is 7.53. The molecule has 3 N–H and O–H groups in total. The second-order valence-corrected chi connectivity index (χ2v) is 3.73. The smallest absolute Gasteiger partial charge is 0.00199 e. The molecule has 0 atom stereocenters. The van der Waals surface area contributed by atoms with Crippen LogP contribution in [0.25, 0.3) is 0 Å². The Bertz CT molecular complexity index is 103. The summed E-state index contributed by atoms with van der Waals surface area (Å²) in [7, 11) is 0. The summed E-state index contributed by atoms with van der Waals surface area (Å²) >= 11 is 0. The second-order valence-electron chi connectivity index (χ2n) is 3.73. The van der Waals surface area contributed by atoms with Gasteiger partial charge >= 0.3 is 0 Å². The van der Waals surface area contributed by atoms with Gasteiger partial charge in [-0.05, 0) is 37.8 Å². The van der Waals surface area contributed by atoms with E-state index in [2.05, 4.69) is 12.2 Å². The van der Waals surface area contributed by atoms with Crippen molar-refractivity contribution in [3.8, 4) is 0 Å². The first-order valence-corrected chi connectivity index (χ1v) is 4.74. The van der Waals surface area contributed by atoms with Crippen LogP contribution in [-0.2, 0) is 0 Å². The molecule has 1 rings (SSSR count). The van der Waals surface area contributed by atoms with Gasteiger partial charge in [0.25, 0.3) is 0 Å². The number of nitrogens with one attached hydrogen (secondary N) is 1. The van der Waals surface area contributed by atoms with Gasteiger partial charge in [0.15, 0.2) is 0 Å². The summed E-state index contributed by atoms with van der Waals surface area (Å²) in [6.07, 6.45) is 5.27. The Kier molecular flexibility index (Phi) is 3.34. The zero-order valence-electron chi connectivity index (χ0n) is 7.53. The molecule has 2 nitrogen and oxygen atoms in total. The van der Waals surface area contributed by atoms with Gasteiger partial charge in [-0.15, -0.1) is 0 Å². The van der Waals surface area contributed by atoms with E-state index >= 15 is 0 Å². The second kappa shape index (κ2) is 4.07. The minimum Gasteiger partial charge on any atom is -0.330 e. The van der Waals surface area contributed by atoms with Crippen molar-refractivity contribution in [3.05, 3.63) is 0 Å². The first kappa shape index (κ1) is 9.01. The van der Waals surface area contributed by atoms with E-state index in [0.717, 1.165) is 19.6 Å². The van der Waals surface area contributed by atoms with E-state index < -0.39 is 0 Å². The molecule has 0 aromatic heterocycles. The Morgan fingerprint density at radius 1 is 1.45 bits per heavy atom. The van der Waals surface area contributed by atoms with E-state index in [1.54, 1.807) is 0 Å². The average Bonchev–Trinajstić information content (AvgIpc) is 1.95. The van der Waals surface area contributed by atoms with Crippen LogP contribution in [-0.4, -0.2) is 19.6 Å². The van der Waals surface area contributed by atoms with Crippen molar-refractivity contribution in [2.75, 3.05) is 19.6 Å². The Balaban J connectivity index is 2.11. The predicted molar refractivity (Wildman–Crippen MR) is 48.5 cm³/mol. The molecule has 0 aromatic carbocycles. The van der Waals surface area contributed by atoms with Crippen LogP contribution in [0.5, 0.6) is 0 Å². The highest BCUT2D eigenvalue weighted by Crippen LogP contribution is 2.38. The molecule has 0 amide bonds. The van der Waals surface area contributed by atoms with Gasteiger partial charge in [0.05, 0.1) is 0 Å². The Labute approximate surface area is 69.5 Å². The van der Waals surface area contributed by atoms with Crippen LogP contribution < -0.4 is 11.1 Å². The summed E-state index contributed by atoms with van der Waals surface area (Å²) in [6.45, 7) is 5.34. The molecule has 1 fully saturated rings. The molecule has 0 saturated heterocycles. The normalized spacial score (nSPS) is 21.3. The predicted octanol–water partition coefficient (Wildman–Crippen LogP) is 1.11. The van der Waals surface area contributed by atoms with Crippen molar-refractivity contribution in [2.24, 2.45) is 11.1 Å². The van der Waals surface area contributed by atoms with E-state index in [-0.39, 0.29) is 0 Å². The molecule has 0 spiro atoms. The first-order valence-electron chi connectivity index (χ1n) is 4.74. The van der Waals surface area contributed by atoms with Crippen molar-refractivity contribution in [1.29, 1.82) is 0 Å². The van der Waals surface area contributed by atoms with Gasteiger partial charge in [0, 0.05) is 6.54 Å². The lowest BCUT2D eigenvalue weighted by atomic mass is 9.69. The van der Waals surface area contributed by atoms with E-state index in [4.69, 9.17) is 5.73 Å². The SMILES string of the molecule is CCCNCC1(CN)CCC1. The number of rotatable bonds is 5. The zero-order chi connectivity index (χ0) is 8.16. The molecular formula is C9H20N2. The van der Waals surface area contributed by atoms with Crippen molar-refractivity contribution < 1.29 is 0 Å². The monoisotopic (exact) mass is 156 g/mol. The minimum atomic E-state index is 0.481. The molecule has 1 aliphatic carbocycles. The van der Waals surface area contributed by atoms with Crippen LogP contribution in [0.4, 0.5) is 0 Å². The lowest BCUT2D eigenvalue weighted by Crippen LogP contribution is -2.45. The molecule has 0 radical (unpaired) electrons. The van der Waals surface area contributed by atoms with Crippen LogP contribution in [0, 0.1) is 5.41 Å². The van der Waals surface area contributed by atoms with E-state index in [1.165, 1.54) is 25.7 Å². The summed E-state index contributed by atoms with van der Waals surface area (Å²) in [5, 5.41) is 3.45. The largest absolute Gasteiger partial charge is 0.330 e. The summed E-state index contributed by atoms with van der Waals surface area (Å²) in [5.41, 5.74) is 6.19. The maximum absolute atomic E-state index is 5.71. The quantitative estimate of drug-likeness (QED) is 0.585. The van der Waals surface area contributed by atoms with Crippen molar-refractivity contribution >= 4 is 0 Å². The van der Waals surface area contributed by atoms with Gasteiger partial charge < -0.3 is 11.1 Å². The molecule has 11 heavy (non-hydrogen) atoms. The van der Waals surface area contributed by atoms with Gasteiger partial charge in [0.1, 0.15) is 0 Å². The molecule has 0 bridgehead atoms. The van der Waals surface area contributed by atoms with E-state index in [0.29, 0.717) is 5.41 Å². The maximum Gasteiger partial charge on any atom is 0.00199 e. The van der Waals surface area contributed by atoms with Gasteiger partial charge in [-0.25, -0.2) is 0 Å². The molecule has 1 saturated carbocycles. The Morgan fingerprint density at radius 2 is 2.18 bits per heavy atom. The Morgan fingerprint density at radius 3 is 2.55 bits per heavy atom. The highest BCUT2D eigenvalue weighted by molar-refractivity contribution is 4.90. The summed E-state index contributed by atoms with van der Waals surface area (Å²) in [5.74, 6) is 0. The highest BCUT2D eigenvalue weighted by atomic mass is 14.9. The summed E-state index contributed by atoms with van der Waals surface area (Å²) < 4.78 is 0. The maximum atomic E-state index is 5.71. The van der Waals surface area contributed by atoms with Gasteiger partial charge in [-0.3, -0.25) is 0 Å². The number of hydrogen-bond acceptors (Lipinski definition) is 2. The molecule has 0 aromatic rings. The molecule has 1 aliphatic rings. The van der Waals surface area contributed by atoms with Crippen molar-refractivity contribution in [1.82, 2.24) is 5.32 Å². The van der Waals surface area contributed by atoms with Crippen molar-refractivity contribution in [3.63, 3.8) is 0 Å². The third-order valence-electron chi connectivity index (χ3n) is 2.77. The first-order chi connectivity index (χ1) is 5.33. The van der Waals surface area contributed by atoms with Gasteiger partial charge in [-0.1, -0.05) is 13.3 Å². The van der Waals surface area contributed by atoms with E-state index in [9.17, 15) is 0 Å². The average molecular weight is 156 g/mol. The third-order valence-corrected chi connectivity index (χ3v) is 2.77. The molecule has 2 heteroatoms. The van der Waals surface area contributed by atoms with Crippen LogP contribution in [0.1, 0.15) is 32.6 Å². The lowest BCUT2D eigenvalue weighted by molar-refractivity contribution is 0.141. The van der Waals surface area contributed by atoms with Crippen molar-refractivity contribution in [2.45, 2.75) is 32.6 Å². The van der Waals surface area contributed by atoms with Crippen LogP contribution >= 0.6 is 0 Å². The summed E-state index contributed by atoms with van der Waals surface area (Å²) in [4.78, 5) is 0. The third kappa shape index (κ3) is 2.17. The topological polar surface area (TPSA) is 38.0 Å².